The number of halogens is 4. The third-order valence-corrected chi connectivity index (χ3v) is 5.22. The molecule has 2 aliphatic heterocycles. The molecular formula is C18H26F4N4O2. The van der Waals surface area contributed by atoms with E-state index >= 15 is 0 Å². The molecule has 3 rings (SSSR count). The highest BCUT2D eigenvalue weighted by molar-refractivity contribution is 5.47. The Labute approximate surface area is 161 Å². The van der Waals surface area contributed by atoms with E-state index in [4.69, 9.17) is 4.74 Å². The van der Waals surface area contributed by atoms with Gasteiger partial charge in [-0.25, -0.2) is 4.39 Å². The van der Waals surface area contributed by atoms with Crippen LogP contribution in [0.15, 0.2) is 10.9 Å². The van der Waals surface area contributed by atoms with Gasteiger partial charge in [0.1, 0.15) is 17.5 Å². The maximum absolute atomic E-state index is 14.0. The van der Waals surface area contributed by atoms with Gasteiger partial charge in [0.15, 0.2) is 0 Å². The first kappa shape index (κ1) is 20.9. The molecular weight excluding hydrogens is 380 g/mol. The normalized spacial score (nSPS) is 23.7. The Morgan fingerprint density at radius 2 is 1.96 bits per heavy atom. The predicted octanol–water partition coefficient (Wildman–Crippen LogP) is 2.75. The van der Waals surface area contributed by atoms with Gasteiger partial charge in [0, 0.05) is 25.7 Å². The Balaban J connectivity index is 2.02. The van der Waals surface area contributed by atoms with Crippen LogP contribution in [0.5, 0.6) is 0 Å². The van der Waals surface area contributed by atoms with Gasteiger partial charge in [-0.15, -0.1) is 0 Å². The zero-order chi connectivity index (χ0) is 20.7. The van der Waals surface area contributed by atoms with E-state index in [0.717, 1.165) is 4.90 Å². The van der Waals surface area contributed by atoms with Crippen LogP contribution in [0.1, 0.15) is 33.6 Å². The van der Waals surface area contributed by atoms with Crippen LogP contribution >= 0.6 is 0 Å². The minimum Gasteiger partial charge on any atom is -0.377 e. The lowest BCUT2D eigenvalue weighted by Gasteiger charge is -2.41. The van der Waals surface area contributed by atoms with Crippen LogP contribution in [-0.4, -0.2) is 59.8 Å². The standard InChI is InChI=1S/C18H26F4N4O2/c1-12-11-28-9-8-24(12)14-10-15(27)26-6-4-13(18(20,21)22)25(16(26)23-14)7-5-17(2,3)19/h10,12-13H,4-9,11H2,1-3H3. The van der Waals surface area contributed by atoms with Crippen LogP contribution in [0.2, 0.25) is 0 Å². The third kappa shape index (κ3) is 4.42. The summed E-state index contributed by atoms with van der Waals surface area (Å²) < 4.78 is 61.6. The van der Waals surface area contributed by atoms with Gasteiger partial charge in [0.2, 0.25) is 5.95 Å². The van der Waals surface area contributed by atoms with Crippen molar-refractivity contribution in [1.82, 2.24) is 9.55 Å². The van der Waals surface area contributed by atoms with Gasteiger partial charge in [-0.1, -0.05) is 0 Å². The molecule has 3 heterocycles. The topological polar surface area (TPSA) is 50.6 Å². The summed E-state index contributed by atoms with van der Waals surface area (Å²) >= 11 is 0. The molecule has 0 aliphatic carbocycles. The molecule has 2 atom stereocenters. The molecule has 0 spiro atoms. The van der Waals surface area contributed by atoms with Crippen molar-refractivity contribution in [2.75, 3.05) is 36.1 Å². The second kappa shape index (κ2) is 7.53. The highest BCUT2D eigenvalue weighted by atomic mass is 19.4. The summed E-state index contributed by atoms with van der Waals surface area (Å²) in [5.74, 6) is 0.290. The van der Waals surface area contributed by atoms with Crippen molar-refractivity contribution >= 4 is 11.8 Å². The zero-order valence-electron chi connectivity index (χ0n) is 16.3. The van der Waals surface area contributed by atoms with E-state index in [9.17, 15) is 22.4 Å². The van der Waals surface area contributed by atoms with Crippen molar-refractivity contribution in [3.8, 4) is 0 Å². The van der Waals surface area contributed by atoms with Crippen molar-refractivity contribution in [2.24, 2.45) is 0 Å². The Morgan fingerprint density at radius 1 is 1.25 bits per heavy atom. The monoisotopic (exact) mass is 406 g/mol. The molecule has 0 bridgehead atoms. The smallest absolute Gasteiger partial charge is 0.377 e. The fraction of sp³-hybridized carbons (Fsp3) is 0.778. The van der Waals surface area contributed by atoms with E-state index in [1.165, 1.54) is 24.5 Å². The highest BCUT2D eigenvalue weighted by Crippen LogP contribution is 2.35. The summed E-state index contributed by atoms with van der Waals surface area (Å²) in [6.07, 6.45) is -4.86. The Morgan fingerprint density at radius 3 is 2.57 bits per heavy atom. The lowest BCUT2D eigenvalue weighted by atomic mass is 10.0. The molecule has 0 saturated carbocycles. The van der Waals surface area contributed by atoms with E-state index in [1.54, 1.807) is 0 Å². The number of alkyl halides is 4. The first-order valence-corrected chi connectivity index (χ1v) is 9.46. The summed E-state index contributed by atoms with van der Waals surface area (Å²) in [6.45, 7) is 5.71. The molecule has 158 valence electrons. The number of morpholine rings is 1. The maximum Gasteiger partial charge on any atom is 0.408 e. The van der Waals surface area contributed by atoms with Crippen LogP contribution in [0.3, 0.4) is 0 Å². The second-order valence-electron chi connectivity index (χ2n) is 8.03. The molecule has 1 aromatic heterocycles. The van der Waals surface area contributed by atoms with Crippen LogP contribution in [-0.2, 0) is 11.3 Å². The molecule has 28 heavy (non-hydrogen) atoms. The predicted molar refractivity (Wildman–Crippen MR) is 97.7 cm³/mol. The van der Waals surface area contributed by atoms with E-state index < -0.39 is 23.4 Å². The quantitative estimate of drug-likeness (QED) is 0.720. The van der Waals surface area contributed by atoms with Crippen molar-refractivity contribution in [2.45, 2.75) is 64.1 Å². The molecule has 6 nitrogen and oxygen atoms in total. The molecule has 10 heteroatoms. The number of ether oxygens (including phenoxy) is 1. The minimum atomic E-state index is -4.49. The Kier molecular flexibility index (Phi) is 5.62. The molecule has 1 saturated heterocycles. The third-order valence-electron chi connectivity index (χ3n) is 5.22. The molecule has 0 radical (unpaired) electrons. The zero-order valence-corrected chi connectivity index (χ0v) is 16.3. The first-order chi connectivity index (χ1) is 13.0. The van der Waals surface area contributed by atoms with Gasteiger partial charge in [0.25, 0.3) is 5.56 Å². The number of rotatable bonds is 4. The van der Waals surface area contributed by atoms with Gasteiger partial charge < -0.3 is 14.5 Å². The fourth-order valence-corrected chi connectivity index (χ4v) is 3.66. The van der Waals surface area contributed by atoms with Gasteiger partial charge in [-0.2, -0.15) is 18.2 Å². The molecule has 2 aliphatic rings. The van der Waals surface area contributed by atoms with Crippen molar-refractivity contribution < 1.29 is 22.3 Å². The minimum absolute atomic E-state index is 0.0426. The van der Waals surface area contributed by atoms with Crippen LogP contribution in [0.25, 0.3) is 0 Å². The van der Waals surface area contributed by atoms with E-state index in [0.29, 0.717) is 25.6 Å². The summed E-state index contributed by atoms with van der Waals surface area (Å²) in [7, 11) is 0. The molecule has 0 aromatic carbocycles. The molecule has 0 N–H and O–H groups in total. The van der Waals surface area contributed by atoms with Gasteiger partial charge in [0.05, 0.1) is 19.3 Å². The number of nitrogens with zero attached hydrogens (tertiary/aromatic N) is 4. The highest BCUT2D eigenvalue weighted by Gasteiger charge is 2.47. The Hall–Kier alpha value is -1.84. The van der Waals surface area contributed by atoms with E-state index in [1.807, 2.05) is 11.8 Å². The largest absolute Gasteiger partial charge is 0.408 e. The first-order valence-electron chi connectivity index (χ1n) is 9.46. The SMILES string of the molecule is CC1COCCN1c1cc(=O)n2c(n1)N(CCC(C)(C)F)C(C(F)(F)F)CC2. The van der Waals surface area contributed by atoms with Crippen molar-refractivity contribution in [1.29, 1.82) is 0 Å². The van der Waals surface area contributed by atoms with Crippen LogP contribution in [0, 0.1) is 0 Å². The molecule has 1 fully saturated rings. The summed E-state index contributed by atoms with van der Waals surface area (Å²) in [5.41, 5.74) is -2.03. The number of hydrogen-bond acceptors (Lipinski definition) is 5. The van der Waals surface area contributed by atoms with Crippen LogP contribution < -0.4 is 15.4 Å². The van der Waals surface area contributed by atoms with E-state index in [-0.39, 0.29) is 37.9 Å². The van der Waals surface area contributed by atoms with Gasteiger partial charge in [-0.3, -0.25) is 9.36 Å². The maximum atomic E-state index is 14.0. The van der Waals surface area contributed by atoms with Crippen molar-refractivity contribution in [3.63, 3.8) is 0 Å². The number of anilines is 2. The van der Waals surface area contributed by atoms with Gasteiger partial charge >= 0.3 is 6.18 Å². The summed E-state index contributed by atoms with van der Waals surface area (Å²) in [5, 5.41) is 0. The van der Waals surface area contributed by atoms with Crippen LogP contribution in [0.4, 0.5) is 29.3 Å². The lowest BCUT2D eigenvalue weighted by molar-refractivity contribution is -0.153. The average Bonchev–Trinajstić information content (AvgIpc) is 2.58. The van der Waals surface area contributed by atoms with Gasteiger partial charge in [-0.05, 0) is 33.6 Å². The fourth-order valence-electron chi connectivity index (χ4n) is 3.66. The van der Waals surface area contributed by atoms with E-state index in [2.05, 4.69) is 4.98 Å². The number of aromatic nitrogens is 2. The molecule has 0 amide bonds. The van der Waals surface area contributed by atoms with Crippen molar-refractivity contribution in [3.05, 3.63) is 16.4 Å². The molecule has 1 aromatic rings. The lowest BCUT2D eigenvalue weighted by Crippen LogP contribution is -2.53. The average molecular weight is 406 g/mol. The number of fused-ring (bicyclic) bond motifs is 1. The summed E-state index contributed by atoms with van der Waals surface area (Å²) in [6, 6.07) is -0.487. The molecule has 2 unspecified atom stereocenters. The second-order valence-corrected chi connectivity index (χ2v) is 8.03. The summed E-state index contributed by atoms with van der Waals surface area (Å²) in [4.78, 5) is 20.0. The Bertz CT molecular complexity index is 759. The number of hydrogen-bond donors (Lipinski definition) is 0.